The second-order valence-electron chi connectivity index (χ2n) is 9.83. The fourth-order valence-corrected chi connectivity index (χ4v) is 4.40. The standard InChI is InChI=1S/C29H34N2O3/c1-29(2,3)34-28(32)31-18-17-25(30)26(31)19-23-15-10-16-24(22-13-8-5-9-14-22)27(23)33-20-21-11-6-4-7-12-21/h4-16,25-26H,17-20,30H2,1-3H3. The summed E-state index contributed by atoms with van der Waals surface area (Å²) in [4.78, 5) is 14.7. The number of carbonyl (C=O) groups excluding carboxylic acids is 1. The third-order valence-electron chi connectivity index (χ3n) is 6.06. The molecule has 0 spiro atoms. The van der Waals surface area contributed by atoms with Crippen LogP contribution in [0.2, 0.25) is 0 Å². The summed E-state index contributed by atoms with van der Waals surface area (Å²) >= 11 is 0. The molecule has 5 heteroatoms. The molecule has 0 aromatic heterocycles. The van der Waals surface area contributed by atoms with E-state index < -0.39 is 5.60 Å². The average molecular weight is 459 g/mol. The average Bonchev–Trinajstić information content (AvgIpc) is 3.18. The lowest BCUT2D eigenvalue weighted by Crippen LogP contribution is -2.46. The summed E-state index contributed by atoms with van der Waals surface area (Å²) in [6.07, 6.45) is 1.05. The Morgan fingerprint density at radius 2 is 1.65 bits per heavy atom. The third-order valence-corrected chi connectivity index (χ3v) is 6.06. The maximum absolute atomic E-state index is 12.9. The first kappa shape index (κ1) is 23.8. The predicted molar refractivity (Wildman–Crippen MR) is 136 cm³/mol. The lowest BCUT2D eigenvalue weighted by Gasteiger charge is -2.30. The number of para-hydroxylation sites is 1. The predicted octanol–water partition coefficient (Wildman–Crippen LogP) is 5.81. The fraction of sp³-hybridized carbons (Fsp3) is 0.345. The summed E-state index contributed by atoms with van der Waals surface area (Å²) in [7, 11) is 0. The van der Waals surface area contributed by atoms with E-state index in [4.69, 9.17) is 15.2 Å². The number of nitrogens with zero attached hydrogens (tertiary/aromatic N) is 1. The number of hydrogen-bond donors (Lipinski definition) is 1. The molecule has 2 atom stereocenters. The van der Waals surface area contributed by atoms with Crippen LogP contribution < -0.4 is 10.5 Å². The van der Waals surface area contributed by atoms with E-state index in [0.717, 1.165) is 34.4 Å². The van der Waals surface area contributed by atoms with Crippen LogP contribution >= 0.6 is 0 Å². The first-order valence-corrected chi connectivity index (χ1v) is 11.9. The molecule has 1 aliphatic heterocycles. The van der Waals surface area contributed by atoms with E-state index >= 15 is 0 Å². The van der Waals surface area contributed by atoms with Gasteiger partial charge in [-0.1, -0.05) is 78.9 Å². The van der Waals surface area contributed by atoms with Gasteiger partial charge in [0.25, 0.3) is 0 Å². The maximum atomic E-state index is 12.9. The van der Waals surface area contributed by atoms with Gasteiger partial charge in [0, 0.05) is 18.2 Å². The van der Waals surface area contributed by atoms with Crippen molar-refractivity contribution in [2.45, 2.75) is 57.9 Å². The van der Waals surface area contributed by atoms with Gasteiger partial charge in [-0.25, -0.2) is 4.79 Å². The third kappa shape index (κ3) is 5.78. The van der Waals surface area contributed by atoms with Gasteiger partial charge in [0.15, 0.2) is 0 Å². The zero-order valence-electron chi connectivity index (χ0n) is 20.2. The largest absolute Gasteiger partial charge is 0.488 e. The van der Waals surface area contributed by atoms with E-state index in [-0.39, 0.29) is 18.2 Å². The molecule has 0 saturated carbocycles. The summed E-state index contributed by atoms with van der Waals surface area (Å²) in [5, 5.41) is 0. The van der Waals surface area contributed by atoms with Crippen molar-refractivity contribution in [3.8, 4) is 16.9 Å². The van der Waals surface area contributed by atoms with Crippen molar-refractivity contribution >= 4 is 6.09 Å². The summed E-state index contributed by atoms with van der Waals surface area (Å²) in [5.41, 5.74) is 10.2. The van der Waals surface area contributed by atoms with Gasteiger partial charge < -0.3 is 20.1 Å². The lowest BCUT2D eigenvalue weighted by atomic mass is 9.95. The Bertz CT molecular complexity index is 1090. The topological polar surface area (TPSA) is 64.8 Å². The SMILES string of the molecule is CC(C)(C)OC(=O)N1CCC(N)C1Cc1cccc(-c2ccccc2)c1OCc1ccccc1. The van der Waals surface area contributed by atoms with Gasteiger partial charge >= 0.3 is 6.09 Å². The van der Waals surface area contributed by atoms with Crippen molar-refractivity contribution in [2.75, 3.05) is 6.54 Å². The molecular formula is C29H34N2O3. The van der Waals surface area contributed by atoms with Gasteiger partial charge in [-0.05, 0) is 50.3 Å². The first-order valence-electron chi connectivity index (χ1n) is 11.9. The molecule has 1 aliphatic rings. The summed E-state index contributed by atoms with van der Waals surface area (Å²) in [6, 6.07) is 26.3. The molecule has 1 heterocycles. The molecule has 0 aliphatic carbocycles. The molecule has 2 N–H and O–H groups in total. The molecule has 0 bridgehead atoms. The minimum Gasteiger partial charge on any atom is -0.488 e. The minimum atomic E-state index is -0.550. The zero-order valence-corrected chi connectivity index (χ0v) is 20.2. The smallest absolute Gasteiger partial charge is 0.410 e. The van der Waals surface area contributed by atoms with Crippen LogP contribution in [0, 0.1) is 0 Å². The molecule has 5 nitrogen and oxygen atoms in total. The highest BCUT2D eigenvalue weighted by molar-refractivity contribution is 5.73. The number of likely N-dealkylation sites (tertiary alicyclic amines) is 1. The monoisotopic (exact) mass is 458 g/mol. The Hall–Kier alpha value is -3.31. The Labute approximate surface area is 202 Å². The normalized spacial score (nSPS) is 18.1. The number of carbonyl (C=O) groups is 1. The summed E-state index contributed by atoms with van der Waals surface area (Å²) in [6.45, 7) is 6.71. The second-order valence-corrected chi connectivity index (χ2v) is 9.83. The molecule has 0 radical (unpaired) electrons. The van der Waals surface area contributed by atoms with E-state index in [1.807, 2.05) is 63.2 Å². The minimum absolute atomic E-state index is 0.116. The maximum Gasteiger partial charge on any atom is 0.410 e. The van der Waals surface area contributed by atoms with Crippen LogP contribution in [-0.4, -0.2) is 35.2 Å². The lowest BCUT2D eigenvalue weighted by molar-refractivity contribution is 0.0220. The van der Waals surface area contributed by atoms with E-state index in [1.54, 1.807) is 4.90 Å². The molecule has 1 fully saturated rings. The van der Waals surface area contributed by atoms with Crippen LogP contribution in [0.4, 0.5) is 4.79 Å². The highest BCUT2D eigenvalue weighted by Crippen LogP contribution is 2.36. The zero-order chi connectivity index (χ0) is 24.1. The van der Waals surface area contributed by atoms with Gasteiger partial charge in [-0.2, -0.15) is 0 Å². The Kier molecular flexibility index (Phi) is 7.23. The number of amides is 1. The molecule has 34 heavy (non-hydrogen) atoms. The van der Waals surface area contributed by atoms with Crippen LogP contribution in [0.3, 0.4) is 0 Å². The van der Waals surface area contributed by atoms with Gasteiger partial charge in [-0.15, -0.1) is 0 Å². The number of nitrogens with two attached hydrogens (primary N) is 1. The summed E-state index contributed by atoms with van der Waals surface area (Å²) in [5.74, 6) is 0.834. The highest BCUT2D eigenvalue weighted by Gasteiger charge is 2.37. The molecule has 3 aromatic rings. The van der Waals surface area contributed by atoms with E-state index in [1.165, 1.54) is 0 Å². The first-order chi connectivity index (χ1) is 16.3. The van der Waals surface area contributed by atoms with Gasteiger partial charge in [0.05, 0.1) is 6.04 Å². The van der Waals surface area contributed by atoms with Crippen LogP contribution in [0.25, 0.3) is 11.1 Å². The van der Waals surface area contributed by atoms with Gasteiger partial charge in [0.2, 0.25) is 0 Å². The number of hydrogen-bond acceptors (Lipinski definition) is 4. The number of ether oxygens (including phenoxy) is 2. The molecular weight excluding hydrogens is 424 g/mol. The van der Waals surface area contributed by atoms with Crippen LogP contribution in [0.15, 0.2) is 78.9 Å². The van der Waals surface area contributed by atoms with Crippen LogP contribution in [0.5, 0.6) is 5.75 Å². The Morgan fingerprint density at radius 1 is 0.971 bits per heavy atom. The molecule has 2 unspecified atom stereocenters. The number of benzene rings is 3. The van der Waals surface area contributed by atoms with Crippen molar-refractivity contribution in [2.24, 2.45) is 5.73 Å². The van der Waals surface area contributed by atoms with E-state index in [9.17, 15) is 4.79 Å². The molecule has 178 valence electrons. The van der Waals surface area contributed by atoms with E-state index in [2.05, 4.69) is 36.4 Å². The van der Waals surface area contributed by atoms with Crippen molar-refractivity contribution in [1.82, 2.24) is 4.90 Å². The van der Waals surface area contributed by atoms with Gasteiger partial charge in [0.1, 0.15) is 18.0 Å². The molecule has 3 aromatic carbocycles. The molecule has 1 saturated heterocycles. The van der Waals surface area contributed by atoms with Crippen molar-refractivity contribution in [1.29, 1.82) is 0 Å². The highest BCUT2D eigenvalue weighted by atomic mass is 16.6. The number of rotatable bonds is 6. The van der Waals surface area contributed by atoms with Crippen molar-refractivity contribution in [3.63, 3.8) is 0 Å². The van der Waals surface area contributed by atoms with Crippen LogP contribution in [0.1, 0.15) is 38.3 Å². The van der Waals surface area contributed by atoms with Crippen molar-refractivity contribution < 1.29 is 14.3 Å². The Balaban J connectivity index is 1.65. The van der Waals surface area contributed by atoms with Crippen LogP contribution in [-0.2, 0) is 17.8 Å². The Morgan fingerprint density at radius 3 is 2.32 bits per heavy atom. The molecule has 4 rings (SSSR count). The quantitative estimate of drug-likeness (QED) is 0.506. The van der Waals surface area contributed by atoms with Gasteiger partial charge in [-0.3, -0.25) is 0 Å². The van der Waals surface area contributed by atoms with E-state index in [0.29, 0.717) is 19.6 Å². The summed E-state index contributed by atoms with van der Waals surface area (Å²) < 4.78 is 12.1. The van der Waals surface area contributed by atoms with Crippen molar-refractivity contribution in [3.05, 3.63) is 90.0 Å². The fourth-order valence-electron chi connectivity index (χ4n) is 4.40. The second kappa shape index (κ2) is 10.3. The molecule has 1 amide bonds.